The van der Waals surface area contributed by atoms with Crippen molar-refractivity contribution in [3.63, 3.8) is 0 Å². The highest BCUT2D eigenvalue weighted by molar-refractivity contribution is 5.75. The van der Waals surface area contributed by atoms with E-state index in [-0.39, 0.29) is 30.5 Å². The number of aliphatic hydroxyl groups is 1. The zero-order valence-electron chi connectivity index (χ0n) is 13.3. The zero-order chi connectivity index (χ0) is 15.5. The summed E-state index contributed by atoms with van der Waals surface area (Å²) < 4.78 is 11.2. The Balaban J connectivity index is 2.64. The predicted octanol–water partition coefficient (Wildman–Crippen LogP) is 2.55. The third kappa shape index (κ3) is 4.06. The van der Waals surface area contributed by atoms with Crippen LogP contribution in [0.2, 0.25) is 0 Å². The van der Waals surface area contributed by atoms with Crippen LogP contribution < -0.4 is 0 Å². The number of carbonyl (C=O) groups is 1. The molecule has 116 valence electrons. The number of hydrogen-bond acceptors (Lipinski definition) is 4. The van der Waals surface area contributed by atoms with Crippen LogP contribution in [0.15, 0.2) is 12.7 Å². The maximum atomic E-state index is 11.8. The molecule has 4 nitrogen and oxygen atoms in total. The Hall–Kier alpha value is -0.870. The molecule has 0 aliphatic carbocycles. The first-order chi connectivity index (χ1) is 9.18. The van der Waals surface area contributed by atoms with Gasteiger partial charge in [-0.25, -0.2) is 0 Å². The van der Waals surface area contributed by atoms with Crippen LogP contribution in [0.4, 0.5) is 0 Å². The van der Waals surface area contributed by atoms with E-state index in [9.17, 15) is 9.90 Å². The summed E-state index contributed by atoms with van der Waals surface area (Å²) in [5.74, 6) is 0.0736. The van der Waals surface area contributed by atoms with E-state index in [0.29, 0.717) is 0 Å². The molecule has 0 aromatic rings. The molecule has 1 rings (SSSR count). The minimum Gasteiger partial charge on any atom is -0.462 e. The van der Waals surface area contributed by atoms with Gasteiger partial charge in [0.1, 0.15) is 12.7 Å². The van der Waals surface area contributed by atoms with Crippen LogP contribution in [0, 0.1) is 17.3 Å². The molecule has 1 aliphatic rings. The Kier molecular flexibility index (Phi) is 5.78. The van der Waals surface area contributed by atoms with Gasteiger partial charge in [-0.2, -0.15) is 0 Å². The number of carbonyl (C=O) groups excluding carboxylic acids is 1. The number of esters is 1. The molecule has 0 aromatic heterocycles. The highest BCUT2D eigenvalue weighted by Crippen LogP contribution is 2.32. The van der Waals surface area contributed by atoms with Crippen molar-refractivity contribution in [3.05, 3.63) is 12.7 Å². The predicted molar refractivity (Wildman–Crippen MR) is 78.2 cm³/mol. The van der Waals surface area contributed by atoms with Crippen molar-refractivity contribution in [2.24, 2.45) is 17.3 Å². The van der Waals surface area contributed by atoms with E-state index >= 15 is 0 Å². The zero-order valence-corrected chi connectivity index (χ0v) is 13.3. The van der Waals surface area contributed by atoms with Gasteiger partial charge in [0.25, 0.3) is 0 Å². The molecule has 0 aromatic carbocycles. The number of ether oxygens (including phenoxy) is 2. The summed E-state index contributed by atoms with van der Waals surface area (Å²) in [7, 11) is 0. The molecular formula is C16H28O4. The lowest BCUT2D eigenvalue weighted by Gasteiger charge is -2.42. The average molecular weight is 284 g/mol. The molecular weight excluding hydrogens is 256 g/mol. The summed E-state index contributed by atoms with van der Waals surface area (Å²) in [6, 6.07) is 0. The van der Waals surface area contributed by atoms with Crippen LogP contribution in [0.25, 0.3) is 0 Å². The average Bonchev–Trinajstić information content (AvgIpc) is 2.36. The summed E-state index contributed by atoms with van der Waals surface area (Å²) in [5, 5.41) is 10.3. The van der Waals surface area contributed by atoms with Crippen LogP contribution >= 0.6 is 0 Å². The molecule has 0 spiro atoms. The van der Waals surface area contributed by atoms with E-state index in [1.54, 1.807) is 20.8 Å². The Labute approximate surface area is 122 Å². The van der Waals surface area contributed by atoms with Crippen molar-refractivity contribution in [2.75, 3.05) is 6.61 Å². The van der Waals surface area contributed by atoms with Crippen molar-refractivity contribution in [3.8, 4) is 0 Å². The third-order valence-electron chi connectivity index (χ3n) is 4.08. The van der Waals surface area contributed by atoms with Gasteiger partial charge in [-0.05, 0) is 39.0 Å². The van der Waals surface area contributed by atoms with Crippen molar-refractivity contribution in [1.29, 1.82) is 0 Å². The second-order valence-corrected chi connectivity index (χ2v) is 6.79. The van der Waals surface area contributed by atoms with E-state index in [0.717, 1.165) is 6.42 Å². The molecule has 5 atom stereocenters. The van der Waals surface area contributed by atoms with Gasteiger partial charge >= 0.3 is 5.97 Å². The van der Waals surface area contributed by atoms with E-state index in [4.69, 9.17) is 9.47 Å². The van der Waals surface area contributed by atoms with Crippen molar-refractivity contribution in [1.82, 2.24) is 0 Å². The quantitative estimate of drug-likeness (QED) is 0.637. The maximum Gasteiger partial charge on any atom is 0.311 e. The Morgan fingerprint density at radius 2 is 1.90 bits per heavy atom. The van der Waals surface area contributed by atoms with Crippen LogP contribution in [0.3, 0.4) is 0 Å². The van der Waals surface area contributed by atoms with Gasteiger partial charge in [-0.1, -0.05) is 19.9 Å². The summed E-state index contributed by atoms with van der Waals surface area (Å²) in [4.78, 5) is 11.8. The van der Waals surface area contributed by atoms with Gasteiger partial charge in [0.2, 0.25) is 0 Å². The smallest absolute Gasteiger partial charge is 0.311 e. The van der Waals surface area contributed by atoms with E-state index in [1.165, 1.54) is 0 Å². The number of rotatable bonds is 4. The second kappa shape index (κ2) is 6.72. The summed E-state index contributed by atoms with van der Waals surface area (Å²) >= 11 is 0. The summed E-state index contributed by atoms with van der Waals surface area (Å²) in [5.41, 5.74) is -0.543. The molecule has 0 radical (unpaired) electrons. The van der Waals surface area contributed by atoms with E-state index in [1.807, 2.05) is 13.0 Å². The van der Waals surface area contributed by atoms with Crippen molar-refractivity contribution in [2.45, 2.75) is 59.4 Å². The molecule has 1 saturated heterocycles. The molecule has 0 bridgehead atoms. The molecule has 1 heterocycles. The van der Waals surface area contributed by atoms with Gasteiger partial charge in [-0.15, -0.1) is 6.58 Å². The second-order valence-electron chi connectivity index (χ2n) is 6.79. The Morgan fingerprint density at radius 1 is 1.30 bits per heavy atom. The molecule has 20 heavy (non-hydrogen) atoms. The fourth-order valence-electron chi connectivity index (χ4n) is 2.36. The van der Waals surface area contributed by atoms with Crippen LogP contribution in [0.5, 0.6) is 0 Å². The van der Waals surface area contributed by atoms with Crippen molar-refractivity contribution < 1.29 is 19.4 Å². The standard InChI is InChI=1S/C16H28O4/c1-7-8-12-10(2)11(3)14(17)13(20-12)9-19-15(18)16(4,5)6/h7,10-14,17H,1,8-9H2,2-6H3/t10?,11-,12-,13?,14+/m1/s1. The SMILES string of the molecule is C=CC[C@H]1OC(COC(=O)C(C)(C)C)[C@@H](O)[C@H](C)C1C. The van der Waals surface area contributed by atoms with E-state index < -0.39 is 17.6 Å². The Bertz CT molecular complexity index is 345. The summed E-state index contributed by atoms with van der Waals surface area (Å²) in [6.45, 7) is 13.3. The van der Waals surface area contributed by atoms with Gasteiger partial charge in [0.05, 0.1) is 17.6 Å². The minimum atomic E-state index is -0.612. The first-order valence-corrected chi connectivity index (χ1v) is 7.30. The van der Waals surface area contributed by atoms with Crippen molar-refractivity contribution >= 4 is 5.97 Å². The lowest BCUT2D eigenvalue weighted by Crippen LogP contribution is -2.51. The number of hydrogen-bond donors (Lipinski definition) is 1. The highest BCUT2D eigenvalue weighted by atomic mass is 16.6. The van der Waals surface area contributed by atoms with Crippen LogP contribution in [0.1, 0.15) is 41.0 Å². The van der Waals surface area contributed by atoms with Gasteiger partial charge in [-0.3, -0.25) is 4.79 Å². The monoisotopic (exact) mass is 284 g/mol. The highest BCUT2D eigenvalue weighted by Gasteiger charge is 2.40. The van der Waals surface area contributed by atoms with Gasteiger partial charge in [0, 0.05) is 0 Å². The molecule has 1 aliphatic heterocycles. The van der Waals surface area contributed by atoms with Crippen LogP contribution in [-0.2, 0) is 14.3 Å². The molecule has 1 N–H and O–H groups in total. The molecule has 2 unspecified atom stereocenters. The first-order valence-electron chi connectivity index (χ1n) is 7.30. The molecule has 0 amide bonds. The fraction of sp³-hybridized carbons (Fsp3) is 0.812. The van der Waals surface area contributed by atoms with E-state index in [2.05, 4.69) is 13.5 Å². The summed E-state index contributed by atoms with van der Waals surface area (Å²) in [6.07, 6.45) is 1.51. The topological polar surface area (TPSA) is 55.8 Å². The first kappa shape index (κ1) is 17.2. The van der Waals surface area contributed by atoms with Gasteiger partial charge in [0.15, 0.2) is 0 Å². The molecule has 4 heteroatoms. The lowest BCUT2D eigenvalue weighted by molar-refractivity contribution is -0.192. The maximum absolute atomic E-state index is 11.8. The number of aliphatic hydroxyl groups excluding tert-OH is 1. The Morgan fingerprint density at radius 3 is 2.40 bits per heavy atom. The fourth-order valence-corrected chi connectivity index (χ4v) is 2.36. The third-order valence-corrected chi connectivity index (χ3v) is 4.08. The normalized spacial score (nSPS) is 34.6. The van der Waals surface area contributed by atoms with Gasteiger partial charge < -0.3 is 14.6 Å². The lowest BCUT2D eigenvalue weighted by atomic mass is 9.80. The minimum absolute atomic E-state index is 0.0178. The molecule has 1 fully saturated rings. The van der Waals surface area contributed by atoms with Crippen LogP contribution in [-0.4, -0.2) is 36.0 Å². The largest absolute Gasteiger partial charge is 0.462 e. The molecule has 0 saturated carbocycles.